The molecular formula is C5H8INO4. The van der Waals surface area contributed by atoms with Crippen molar-refractivity contribution in [3.63, 3.8) is 0 Å². The number of carboxylic acids is 2. The summed E-state index contributed by atoms with van der Waals surface area (Å²) in [6.45, 7) is 0. The Morgan fingerprint density at radius 3 is 2.27 bits per heavy atom. The Kier molecular flexibility index (Phi) is 5.12. The van der Waals surface area contributed by atoms with Gasteiger partial charge in [-0.15, -0.1) is 0 Å². The Hall–Kier alpha value is -0.370. The van der Waals surface area contributed by atoms with Crippen LogP contribution < -0.4 is 3.53 Å². The highest BCUT2D eigenvalue weighted by Gasteiger charge is 2.16. The molecule has 0 bridgehead atoms. The van der Waals surface area contributed by atoms with Crippen molar-refractivity contribution in [2.75, 3.05) is 0 Å². The lowest BCUT2D eigenvalue weighted by molar-refractivity contribution is -0.140. The van der Waals surface area contributed by atoms with E-state index in [0.29, 0.717) is 0 Å². The maximum Gasteiger partial charge on any atom is 0.321 e. The molecule has 6 heteroatoms. The van der Waals surface area contributed by atoms with E-state index in [9.17, 15) is 9.59 Å². The molecule has 5 nitrogen and oxygen atoms in total. The number of nitrogens with one attached hydrogen (secondary N) is 1. The van der Waals surface area contributed by atoms with E-state index < -0.39 is 18.0 Å². The number of carbonyl (C=O) groups is 2. The third kappa shape index (κ3) is 4.96. The minimum atomic E-state index is -1.03. The average molecular weight is 273 g/mol. The van der Waals surface area contributed by atoms with Crippen molar-refractivity contribution in [2.24, 2.45) is 0 Å². The van der Waals surface area contributed by atoms with Gasteiger partial charge < -0.3 is 10.2 Å². The normalized spacial score (nSPS) is 12.5. The van der Waals surface area contributed by atoms with Crippen molar-refractivity contribution in [1.29, 1.82) is 0 Å². The van der Waals surface area contributed by atoms with Crippen molar-refractivity contribution >= 4 is 34.8 Å². The van der Waals surface area contributed by atoms with Crippen molar-refractivity contribution in [2.45, 2.75) is 18.9 Å². The van der Waals surface area contributed by atoms with E-state index in [4.69, 9.17) is 10.2 Å². The molecular weight excluding hydrogens is 265 g/mol. The molecule has 0 fully saturated rings. The number of halogens is 1. The van der Waals surface area contributed by atoms with E-state index in [2.05, 4.69) is 3.53 Å². The van der Waals surface area contributed by atoms with Gasteiger partial charge in [0.15, 0.2) is 0 Å². The van der Waals surface area contributed by atoms with Crippen LogP contribution in [0.5, 0.6) is 0 Å². The highest BCUT2D eigenvalue weighted by molar-refractivity contribution is 14.1. The summed E-state index contributed by atoms with van der Waals surface area (Å²) in [5, 5.41) is 16.6. The fourth-order valence-electron chi connectivity index (χ4n) is 0.493. The fraction of sp³-hybridized carbons (Fsp3) is 0.600. The second-order valence-corrected chi connectivity index (χ2v) is 2.56. The highest BCUT2D eigenvalue weighted by Crippen LogP contribution is 1.99. The van der Waals surface area contributed by atoms with Gasteiger partial charge in [0.25, 0.3) is 0 Å². The first-order valence-electron chi connectivity index (χ1n) is 2.88. The molecule has 0 aliphatic carbocycles. The topological polar surface area (TPSA) is 86.6 Å². The van der Waals surface area contributed by atoms with Gasteiger partial charge in [0.1, 0.15) is 6.04 Å². The van der Waals surface area contributed by atoms with Crippen LogP contribution in [0.1, 0.15) is 12.8 Å². The molecule has 0 aromatic rings. The minimum absolute atomic E-state index is 0.105. The molecule has 0 amide bonds. The summed E-state index contributed by atoms with van der Waals surface area (Å²) >= 11 is 1.69. The van der Waals surface area contributed by atoms with Gasteiger partial charge in [-0.3, -0.25) is 9.59 Å². The monoisotopic (exact) mass is 273 g/mol. The second-order valence-electron chi connectivity index (χ2n) is 1.93. The first-order valence-corrected chi connectivity index (χ1v) is 3.96. The summed E-state index contributed by atoms with van der Waals surface area (Å²) in [6.07, 6.45) is -0.0272. The molecule has 64 valence electrons. The minimum Gasteiger partial charge on any atom is -0.481 e. The summed E-state index contributed by atoms with van der Waals surface area (Å²) in [6, 6.07) is -0.772. The largest absolute Gasteiger partial charge is 0.481 e. The molecule has 1 atom stereocenters. The molecule has 1 unspecified atom stereocenters. The van der Waals surface area contributed by atoms with E-state index >= 15 is 0 Å². The van der Waals surface area contributed by atoms with Crippen molar-refractivity contribution < 1.29 is 19.8 Å². The second kappa shape index (κ2) is 5.30. The summed E-state index contributed by atoms with van der Waals surface area (Å²) < 4.78 is 2.46. The SMILES string of the molecule is O=C(O)CCC(NI)C(=O)O. The molecule has 0 aromatic carbocycles. The maximum atomic E-state index is 10.3. The van der Waals surface area contributed by atoms with Crippen LogP contribution in [0.4, 0.5) is 0 Å². The van der Waals surface area contributed by atoms with Crippen molar-refractivity contribution in [3.05, 3.63) is 0 Å². The first-order chi connectivity index (χ1) is 5.07. The molecule has 0 saturated heterocycles. The Morgan fingerprint density at radius 2 is 2.00 bits per heavy atom. The standard InChI is InChI=1S/C5H8INO4/c6-7-3(5(10)11)1-2-4(8)9/h3,7H,1-2H2,(H,8,9)(H,10,11). The summed E-state index contributed by atoms with van der Waals surface area (Å²) in [7, 11) is 0. The highest BCUT2D eigenvalue weighted by atomic mass is 127. The Bertz CT molecular complexity index is 161. The third-order valence-electron chi connectivity index (χ3n) is 1.08. The number of rotatable bonds is 5. The van der Waals surface area contributed by atoms with Crippen LogP contribution in [0.25, 0.3) is 0 Å². The van der Waals surface area contributed by atoms with E-state index in [1.807, 2.05) is 0 Å². The predicted octanol–water partition coefficient (Wildman–Crippen LogP) is 0.244. The number of hydrogen-bond acceptors (Lipinski definition) is 3. The smallest absolute Gasteiger partial charge is 0.321 e. The fourth-order valence-corrected chi connectivity index (χ4v) is 1.07. The van der Waals surface area contributed by atoms with Crippen LogP contribution in [0.2, 0.25) is 0 Å². The van der Waals surface area contributed by atoms with Gasteiger partial charge in [-0.25, -0.2) is 3.53 Å². The van der Waals surface area contributed by atoms with Gasteiger partial charge in [0.05, 0.1) is 0 Å². The maximum absolute atomic E-state index is 10.3. The molecule has 11 heavy (non-hydrogen) atoms. The van der Waals surface area contributed by atoms with Crippen molar-refractivity contribution in [3.8, 4) is 0 Å². The lowest BCUT2D eigenvalue weighted by Crippen LogP contribution is -2.30. The Balaban J connectivity index is 3.70. The molecule has 0 rings (SSSR count). The van der Waals surface area contributed by atoms with Gasteiger partial charge in [-0.2, -0.15) is 0 Å². The number of aliphatic carboxylic acids is 2. The predicted molar refractivity (Wildman–Crippen MR) is 45.4 cm³/mol. The lowest BCUT2D eigenvalue weighted by atomic mass is 10.2. The van der Waals surface area contributed by atoms with Crippen LogP contribution in [-0.2, 0) is 9.59 Å². The van der Waals surface area contributed by atoms with Crippen LogP contribution in [0, 0.1) is 0 Å². The summed E-state index contributed by atoms with van der Waals surface area (Å²) in [4.78, 5) is 20.3. The Labute approximate surface area is 77.3 Å². The van der Waals surface area contributed by atoms with Crippen LogP contribution in [-0.4, -0.2) is 28.2 Å². The number of carboxylic acid groups (broad SMARTS) is 2. The zero-order valence-corrected chi connectivity index (χ0v) is 7.74. The van der Waals surface area contributed by atoms with Gasteiger partial charge >= 0.3 is 11.9 Å². The molecule has 0 aromatic heterocycles. The van der Waals surface area contributed by atoms with E-state index in [1.165, 1.54) is 0 Å². The molecule has 3 N–H and O–H groups in total. The van der Waals surface area contributed by atoms with Crippen LogP contribution >= 0.6 is 22.9 Å². The van der Waals surface area contributed by atoms with E-state index in [0.717, 1.165) is 0 Å². The molecule has 0 saturated carbocycles. The van der Waals surface area contributed by atoms with Gasteiger partial charge in [-0.05, 0) is 6.42 Å². The molecule has 0 radical (unpaired) electrons. The van der Waals surface area contributed by atoms with Crippen molar-refractivity contribution in [1.82, 2.24) is 3.53 Å². The van der Waals surface area contributed by atoms with Crippen LogP contribution in [0.15, 0.2) is 0 Å². The molecule has 0 aliphatic heterocycles. The zero-order chi connectivity index (χ0) is 8.85. The Morgan fingerprint density at radius 1 is 1.45 bits per heavy atom. The van der Waals surface area contributed by atoms with Gasteiger partial charge in [-0.1, -0.05) is 0 Å². The van der Waals surface area contributed by atoms with E-state index in [1.54, 1.807) is 22.9 Å². The average Bonchev–Trinajstić information content (AvgIpc) is 1.87. The quantitative estimate of drug-likeness (QED) is 0.493. The summed E-state index contributed by atoms with van der Waals surface area (Å²) in [5.41, 5.74) is 0. The third-order valence-corrected chi connectivity index (χ3v) is 1.83. The summed E-state index contributed by atoms with van der Waals surface area (Å²) in [5.74, 6) is -2.01. The van der Waals surface area contributed by atoms with Crippen LogP contribution in [0.3, 0.4) is 0 Å². The zero-order valence-electron chi connectivity index (χ0n) is 5.58. The molecule has 0 spiro atoms. The number of hydrogen-bond donors (Lipinski definition) is 3. The van der Waals surface area contributed by atoms with Gasteiger partial charge in [0.2, 0.25) is 0 Å². The lowest BCUT2D eigenvalue weighted by Gasteiger charge is -2.06. The molecule has 0 aliphatic rings. The van der Waals surface area contributed by atoms with E-state index in [-0.39, 0.29) is 12.8 Å². The molecule has 0 heterocycles. The first kappa shape index (κ1) is 10.6. The van der Waals surface area contributed by atoms with Gasteiger partial charge in [0, 0.05) is 29.3 Å².